The Morgan fingerprint density at radius 2 is 1.67 bits per heavy atom. The van der Waals surface area contributed by atoms with Gasteiger partial charge in [-0.1, -0.05) is 13.8 Å². The first-order chi connectivity index (χ1) is 15.4. The molecule has 1 heterocycles. The molecule has 1 aliphatic carbocycles. The Balaban J connectivity index is 1.77. The van der Waals surface area contributed by atoms with Crippen LogP contribution in [-0.4, -0.2) is 64.7 Å². The Labute approximate surface area is 197 Å². The molecule has 0 aromatic carbocycles. The maximum absolute atomic E-state index is 12.7. The van der Waals surface area contributed by atoms with Crippen LogP contribution < -0.4 is 10.6 Å². The molecule has 3 amide bonds. The Morgan fingerprint density at radius 1 is 1.03 bits per heavy atom. The van der Waals surface area contributed by atoms with E-state index in [0.717, 1.165) is 19.3 Å². The molecular formula is C24H41N3O6. The number of ether oxygens (including phenoxy) is 1. The number of nitrogens with zero attached hydrogens (tertiary/aromatic N) is 1. The number of likely N-dealkylation sites (tertiary alicyclic amines) is 1. The maximum atomic E-state index is 12.7. The Hall–Kier alpha value is -2.32. The fourth-order valence-corrected chi connectivity index (χ4v) is 4.55. The van der Waals surface area contributed by atoms with Gasteiger partial charge in [0, 0.05) is 19.0 Å². The highest BCUT2D eigenvalue weighted by molar-refractivity contribution is 5.86. The van der Waals surface area contributed by atoms with Gasteiger partial charge in [-0.3, -0.25) is 14.5 Å². The number of carboxylic acids is 1. The molecule has 0 bridgehead atoms. The second kappa shape index (κ2) is 11.7. The lowest BCUT2D eigenvalue weighted by Gasteiger charge is -2.30. The molecule has 33 heavy (non-hydrogen) atoms. The van der Waals surface area contributed by atoms with Crippen LogP contribution in [0.3, 0.4) is 0 Å². The summed E-state index contributed by atoms with van der Waals surface area (Å²) in [6.07, 6.45) is 4.28. The van der Waals surface area contributed by atoms with Crippen LogP contribution in [0.5, 0.6) is 0 Å². The van der Waals surface area contributed by atoms with Crippen LogP contribution in [0.4, 0.5) is 4.79 Å². The van der Waals surface area contributed by atoms with Gasteiger partial charge in [-0.25, -0.2) is 9.59 Å². The fraction of sp³-hybridized carbons (Fsp3) is 0.833. The summed E-state index contributed by atoms with van der Waals surface area (Å²) >= 11 is 0. The summed E-state index contributed by atoms with van der Waals surface area (Å²) in [6, 6.07) is -1.36. The van der Waals surface area contributed by atoms with Crippen molar-refractivity contribution in [1.82, 2.24) is 15.5 Å². The van der Waals surface area contributed by atoms with Gasteiger partial charge < -0.3 is 20.5 Å². The Kier molecular flexibility index (Phi) is 9.55. The zero-order chi connectivity index (χ0) is 24.8. The molecule has 3 N–H and O–H groups in total. The molecule has 1 aliphatic heterocycles. The van der Waals surface area contributed by atoms with Crippen LogP contribution in [0.25, 0.3) is 0 Å². The largest absolute Gasteiger partial charge is 0.480 e. The van der Waals surface area contributed by atoms with Gasteiger partial charge in [-0.05, 0) is 77.6 Å². The highest BCUT2D eigenvalue weighted by Gasteiger charge is 2.37. The lowest BCUT2D eigenvalue weighted by Crippen LogP contribution is -2.48. The van der Waals surface area contributed by atoms with E-state index in [9.17, 15) is 24.3 Å². The van der Waals surface area contributed by atoms with E-state index >= 15 is 0 Å². The minimum absolute atomic E-state index is 0.156. The van der Waals surface area contributed by atoms with E-state index in [2.05, 4.69) is 10.6 Å². The van der Waals surface area contributed by atoms with E-state index in [0.29, 0.717) is 38.8 Å². The van der Waals surface area contributed by atoms with Crippen LogP contribution in [0, 0.1) is 17.8 Å². The highest BCUT2D eigenvalue weighted by atomic mass is 16.6. The summed E-state index contributed by atoms with van der Waals surface area (Å²) in [6.45, 7) is 10.3. The summed E-state index contributed by atoms with van der Waals surface area (Å²) in [5, 5.41) is 15.0. The number of aliphatic carboxylic acids is 1. The summed E-state index contributed by atoms with van der Waals surface area (Å²) in [7, 11) is 0. The first-order valence-corrected chi connectivity index (χ1v) is 12.2. The number of carbonyl (C=O) groups is 4. The average molecular weight is 468 g/mol. The molecule has 0 radical (unpaired) electrons. The number of hydrogen-bond acceptors (Lipinski definition) is 5. The zero-order valence-electron chi connectivity index (χ0n) is 20.7. The van der Waals surface area contributed by atoms with Gasteiger partial charge in [-0.2, -0.15) is 0 Å². The first-order valence-electron chi connectivity index (χ1n) is 12.2. The van der Waals surface area contributed by atoms with Gasteiger partial charge in [0.15, 0.2) is 0 Å². The number of nitrogens with one attached hydrogen (secondary N) is 2. The Morgan fingerprint density at radius 3 is 2.21 bits per heavy atom. The molecule has 0 aromatic rings. The number of hydrogen-bond donors (Lipinski definition) is 3. The molecule has 1 saturated heterocycles. The second-order valence-electron chi connectivity index (χ2n) is 10.8. The quantitative estimate of drug-likeness (QED) is 0.504. The Bertz CT molecular complexity index is 709. The molecule has 9 nitrogen and oxygen atoms in total. The SMILES string of the molecule is CC(C)CC(NC(=O)C1CCC(CNC(=O)C2CCCN2C(=O)OC(C)(C)C)CC1)C(=O)O. The average Bonchev–Trinajstić information content (AvgIpc) is 3.20. The number of carbonyl (C=O) groups excluding carboxylic acids is 3. The van der Waals surface area contributed by atoms with E-state index in [-0.39, 0.29) is 29.6 Å². The molecule has 2 unspecified atom stereocenters. The molecule has 0 aromatic heterocycles. The second-order valence-corrected chi connectivity index (χ2v) is 10.8. The first kappa shape index (κ1) is 26.9. The lowest BCUT2D eigenvalue weighted by atomic mass is 9.81. The van der Waals surface area contributed by atoms with E-state index in [1.165, 1.54) is 4.90 Å². The standard InChI is InChI=1S/C24H41N3O6/c1-15(2)13-18(22(30)31)26-20(28)17-10-8-16(9-11-17)14-25-21(29)19-7-6-12-27(19)23(32)33-24(3,4)5/h15-19H,6-14H2,1-5H3,(H,25,29)(H,26,28)(H,30,31). The van der Waals surface area contributed by atoms with Crippen LogP contribution in [0.1, 0.15) is 79.6 Å². The third-order valence-electron chi connectivity index (χ3n) is 6.29. The molecule has 188 valence electrons. The van der Waals surface area contributed by atoms with Crippen LogP contribution in [0.15, 0.2) is 0 Å². The summed E-state index contributed by atoms with van der Waals surface area (Å²) in [4.78, 5) is 50.6. The number of amides is 3. The molecule has 1 saturated carbocycles. The van der Waals surface area contributed by atoms with Crippen molar-refractivity contribution in [3.63, 3.8) is 0 Å². The van der Waals surface area contributed by atoms with E-state index in [4.69, 9.17) is 4.74 Å². The van der Waals surface area contributed by atoms with Crippen LogP contribution >= 0.6 is 0 Å². The monoisotopic (exact) mass is 467 g/mol. The molecule has 9 heteroatoms. The fourth-order valence-electron chi connectivity index (χ4n) is 4.55. The van der Waals surface area contributed by atoms with E-state index in [1.54, 1.807) is 20.8 Å². The molecule has 2 fully saturated rings. The van der Waals surface area contributed by atoms with Gasteiger partial charge >= 0.3 is 12.1 Å². The lowest BCUT2D eigenvalue weighted by molar-refractivity contribution is -0.143. The molecule has 0 spiro atoms. The van der Waals surface area contributed by atoms with Crippen LogP contribution in [0.2, 0.25) is 0 Å². The maximum Gasteiger partial charge on any atom is 0.410 e. The minimum Gasteiger partial charge on any atom is -0.480 e. The summed E-state index contributed by atoms with van der Waals surface area (Å²) in [5.41, 5.74) is -0.606. The van der Waals surface area contributed by atoms with Crippen molar-refractivity contribution in [2.75, 3.05) is 13.1 Å². The van der Waals surface area contributed by atoms with Crippen molar-refractivity contribution in [2.45, 2.75) is 97.2 Å². The molecule has 2 rings (SSSR count). The van der Waals surface area contributed by atoms with Crippen molar-refractivity contribution in [1.29, 1.82) is 0 Å². The zero-order valence-corrected chi connectivity index (χ0v) is 20.7. The predicted octanol–water partition coefficient (Wildman–Crippen LogP) is 2.92. The summed E-state index contributed by atoms with van der Waals surface area (Å²) in [5.74, 6) is -1.10. The number of carboxylic acid groups (broad SMARTS) is 1. The van der Waals surface area contributed by atoms with Gasteiger partial charge in [0.05, 0.1) is 0 Å². The van der Waals surface area contributed by atoms with Crippen molar-refractivity contribution < 1.29 is 29.0 Å². The van der Waals surface area contributed by atoms with Gasteiger partial charge in [0.1, 0.15) is 17.7 Å². The third-order valence-corrected chi connectivity index (χ3v) is 6.29. The van der Waals surface area contributed by atoms with Crippen molar-refractivity contribution in [3.8, 4) is 0 Å². The van der Waals surface area contributed by atoms with Crippen LogP contribution in [-0.2, 0) is 19.1 Å². The van der Waals surface area contributed by atoms with E-state index in [1.807, 2.05) is 13.8 Å². The minimum atomic E-state index is -0.999. The third kappa shape index (κ3) is 8.51. The van der Waals surface area contributed by atoms with Gasteiger partial charge in [-0.15, -0.1) is 0 Å². The van der Waals surface area contributed by atoms with Crippen molar-refractivity contribution in [3.05, 3.63) is 0 Å². The smallest absolute Gasteiger partial charge is 0.410 e. The van der Waals surface area contributed by atoms with E-state index < -0.39 is 29.7 Å². The van der Waals surface area contributed by atoms with Crippen molar-refractivity contribution in [2.24, 2.45) is 17.8 Å². The molecular weight excluding hydrogens is 426 g/mol. The normalized spacial score (nSPS) is 24.3. The number of rotatable bonds is 8. The predicted molar refractivity (Wildman–Crippen MR) is 123 cm³/mol. The highest BCUT2D eigenvalue weighted by Crippen LogP contribution is 2.29. The topological polar surface area (TPSA) is 125 Å². The van der Waals surface area contributed by atoms with Gasteiger partial charge in [0.25, 0.3) is 0 Å². The van der Waals surface area contributed by atoms with Gasteiger partial charge in [0.2, 0.25) is 11.8 Å². The molecule has 2 atom stereocenters. The molecule has 2 aliphatic rings. The van der Waals surface area contributed by atoms with Crippen molar-refractivity contribution >= 4 is 23.9 Å². The summed E-state index contributed by atoms with van der Waals surface area (Å²) < 4.78 is 5.43.